The largest absolute Gasteiger partial charge is 0.478 e. The van der Waals surface area contributed by atoms with E-state index in [1.807, 2.05) is 0 Å². The normalized spacial score (nSPS) is 10.6. The van der Waals surface area contributed by atoms with Crippen molar-refractivity contribution in [2.24, 2.45) is 0 Å². The molecule has 2 nitrogen and oxygen atoms in total. The van der Waals surface area contributed by atoms with Gasteiger partial charge in [-0.3, -0.25) is 0 Å². The maximum atomic E-state index is 13.4. The van der Waals surface area contributed by atoms with Crippen LogP contribution < -0.4 is 0 Å². The number of carboxylic acid groups (broad SMARTS) is 1. The molecule has 2 aromatic carbocycles. The van der Waals surface area contributed by atoms with Gasteiger partial charge in [-0.1, -0.05) is 0 Å². The molecule has 0 amide bonds. The predicted octanol–water partition coefficient (Wildman–Crippen LogP) is 4.09. The van der Waals surface area contributed by atoms with Crippen LogP contribution in [-0.4, -0.2) is 11.1 Å². The van der Waals surface area contributed by atoms with E-state index < -0.39 is 23.4 Å². The van der Waals surface area contributed by atoms with Gasteiger partial charge in [0, 0.05) is 16.7 Å². The highest BCUT2D eigenvalue weighted by molar-refractivity contribution is 7.98. The van der Waals surface area contributed by atoms with Crippen molar-refractivity contribution >= 4 is 17.7 Å². The summed E-state index contributed by atoms with van der Waals surface area (Å²) in [5, 5.41) is 8.99. The zero-order valence-corrected chi connectivity index (χ0v) is 10.9. The van der Waals surface area contributed by atoms with E-state index in [2.05, 4.69) is 0 Å². The molecule has 0 spiro atoms. The summed E-state index contributed by atoms with van der Waals surface area (Å²) in [4.78, 5) is 11.2. The van der Waals surface area contributed by atoms with Crippen LogP contribution in [0.3, 0.4) is 0 Å². The number of benzene rings is 2. The summed E-state index contributed by atoms with van der Waals surface area (Å²) in [6.45, 7) is 0. The predicted molar refractivity (Wildman–Crippen MR) is 69.3 cm³/mol. The first-order valence-corrected chi connectivity index (χ1v) is 6.55. The molecule has 0 aliphatic rings. The molecule has 1 N–H and O–H groups in total. The summed E-state index contributed by atoms with van der Waals surface area (Å²) in [7, 11) is 0. The van der Waals surface area contributed by atoms with Crippen molar-refractivity contribution in [1.82, 2.24) is 0 Å². The summed E-state index contributed by atoms with van der Waals surface area (Å²) in [6.07, 6.45) is 0. The third-order valence-electron chi connectivity index (χ3n) is 2.57. The van der Waals surface area contributed by atoms with Gasteiger partial charge in [0.2, 0.25) is 0 Å². The number of hydrogen-bond donors (Lipinski definition) is 1. The molecule has 2 aromatic rings. The first kappa shape index (κ1) is 14.5. The lowest BCUT2D eigenvalue weighted by Crippen LogP contribution is -2.02. The lowest BCUT2D eigenvalue weighted by Gasteiger charge is -2.07. The van der Waals surface area contributed by atoms with E-state index in [1.54, 1.807) is 0 Å². The van der Waals surface area contributed by atoms with E-state index in [9.17, 15) is 18.0 Å². The van der Waals surface area contributed by atoms with Gasteiger partial charge < -0.3 is 5.11 Å². The van der Waals surface area contributed by atoms with Crippen molar-refractivity contribution in [1.29, 1.82) is 0 Å². The van der Waals surface area contributed by atoms with Gasteiger partial charge in [-0.15, -0.1) is 11.8 Å². The molecular weight excluding hydrogens is 289 g/mol. The molecule has 0 radical (unpaired) electrons. The SMILES string of the molecule is O=C(O)c1ccc(F)cc1CSc1ccc(F)cc1F. The van der Waals surface area contributed by atoms with Crippen LogP contribution in [0.4, 0.5) is 13.2 Å². The van der Waals surface area contributed by atoms with E-state index >= 15 is 0 Å². The maximum absolute atomic E-state index is 13.4. The topological polar surface area (TPSA) is 37.3 Å². The summed E-state index contributed by atoms with van der Waals surface area (Å²) in [5.74, 6) is -3.10. The molecule has 6 heteroatoms. The first-order chi connectivity index (χ1) is 9.47. The Hall–Kier alpha value is -1.95. The lowest BCUT2D eigenvalue weighted by atomic mass is 10.1. The van der Waals surface area contributed by atoms with Crippen molar-refractivity contribution in [2.75, 3.05) is 0 Å². The highest BCUT2D eigenvalue weighted by Crippen LogP contribution is 2.27. The van der Waals surface area contributed by atoms with E-state index in [-0.39, 0.29) is 21.8 Å². The average molecular weight is 298 g/mol. The standard InChI is InChI=1S/C14H9F3O2S/c15-9-1-3-11(14(18)19)8(5-9)7-20-13-4-2-10(16)6-12(13)17/h1-6H,7H2,(H,18,19). The maximum Gasteiger partial charge on any atom is 0.335 e. The van der Waals surface area contributed by atoms with Gasteiger partial charge in [0.15, 0.2) is 0 Å². The zero-order valence-electron chi connectivity index (χ0n) is 10.1. The highest BCUT2D eigenvalue weighted by Gasteiger charge is 2.12. The number of hydrogen-bond acceptors (Lipinski definition) is 2. The second kappa shape index (κ2) is 6.00. The van der Waals surface area contributed by atoms with Crippen LogP contribution in [0.2, 0.25) is 0 Å². The second-order valence-corrected chi connectivity index (χ2v) is 4.99. The second-order valence-electron chi connectivity index (χ2n) is 3.97. The van der Waals surface area contributed by atoms with Crippen molar-refractivity contribution in [3.8, 4) is 0 Å². The number of rotatable bonds is 4. The molecule has 0 unspecified atom stereocenters. The average Bonchev–Trinajstić information content (AvgIpc) is 2.37. The van der Waals surface area contributed by atoms with Crippen molar-refractivity contribution in [2.45, 2.75) is 10.6 Å². The van der Waals surface area contributed by atoms with Gasteiger partial charge in [0.25, 0.3) is 0 Å². The Morgan fingerprint density at radius 3 is 2.35 bits per heavy atom. The van der Waals surface area contributed by atoms with Gasteiger partial charge in [-0.05, 0) is 35.9 Å². The molecule has 104 valence electrons. The molecule has 0 heterocycles. The third-order valence-corrected chi connectivity index (χ3v) is 3.67. The Labute approximate surface area is 117 Å². The molecule has 2 rings (SSSR count). The van der Waals surface area contributed by atoms with E-state index in [4.69, 9.17) is 5.11 Å². The van der Waals surface area contributed by atoms with E-state index in [0.29, 0.717) is 0 Å². The Morgan fingerprint density at radius 2 is 1.70 bits per heavy atom. The minimum Gasteiger partial charge on any atom is -0.478 e. The van der Waals surface area contributed by atoms with E-state index in [0.717, 1.165) is 42.1 Å². The number of halogens is 3. The minimum atomic E-state index is -1.18. The molecule has 0 aromatic heterocycles. The Balaban J connectivity index is 2.22. The van der Waals surface area contributed by atoms with Crippen LogP contribution in [0.1, 0.15) is 15.9 Å². The molecule has 0 fully saturated rings. The van der Waals surface area contributed by atoms with Crippen LogP contribution in [0.25, 0.3) is 0 Å². The fourth-order valence-corrected chi connectivity index (χ4v) is 2.55. The quantitative estimate of drug-likeness (QED) is 0.864. The van der Waals surface area contributed by atoms with Gasteiger partial charge in [-0.2, -0.15) is 0 Å². The molecule has 0 aliphatic heterocycles. The summed E-state index contributed by atoms with van der Waals surface area (Å²) >= 11 is 0.977. The Kier molecular flexibility index (Phi) is 4.34. The summed E-state index contributed by atoms with van der Waals surface area (Å²) in [6, 6.07) is 6.42. The van der Waals surface area contributed by atoms with Crippen molar-refractivity contribution in [3.05, 3.63) is 65.0 Å². The van der Waals surface area contributed by atoms with Crippen molar-refractivity contribution < 1.29 is 23.1 Å². The Morgan fingerprint density at radius 1 is 1.05 bits per heavy atom. The van der Waals surface area contributed by atoms with Gasteiger partial charge >= 0.3 is 5.97 Å². The molecule has 0 saturated heterocycles. The molecule has 0 aliphatic carbocycles. The van der Waals surface area contributed by atoms with Gasteiger partial charge in [-0.25, -0.2) is 18.0 Å². The molecule has 0 bridgehead atoms. The zero-order chi connectivity index (χ0) is 14.7. The smallest absolute Gasteiger partial charge is 0.335 e. The van der Waals surface area contributed by atoms with Crippen LogP contribution in [-0.2, 0) is 5.75 Å². The molecule has 0 atom stereocenters. The first-order valence-electron chi connectivity index (χ1n) is 5.57. The van der Waals surface area contributed by atoms with Crippen LogP contribution in [0, 0.1) is 17.5 Å². The number of thioether (sulfide) groups is 1. The molecule has 0 saturated carbocycles. The molecule has 20 heavy (non-hydrogen) atoms. The van der Waals surface area contributed by atoms with Crippen LogP contribution in [0.15, 0.2) is 41.3 Å². The fourth-order valence-electron chi connectivity index (χ4n) is 1.64. The minimum absolute atomic E-state index is 0.0404. The van der Waals surface area contributed by atoms with Gasteiger partial charge in [0.05, 0.1) is 5.56 Å². The lowest BCUT2D eigenvalue weighted by molar-refractivity contribution is 0.0696. The van der Waals surface area contributed by atoms with Crippen LogP contribution in [0.5, 0.6) is 0 Å². The third kappa shape index (κ3) is 3.33. The van der Waals surface area contributed by atoms with Crippen molar-refractivity contribution in [3.63, 3.8) is 0 Å². The highest BCUT2D eigenvalue weighted by atomic mass is 32.2. The summed E-state index contributed by atoms with van der Waals surface area (Å²) < 4.78 is 39.3. The number of carbonyl (C=O) groups is 1. The fraction of sp³-hybridized carbons (Fsp3) is 0.0714. The number of aromatic carboxylic acids is 1. The van der Waals surface area contributed by atoms with E-state index in [1.165, 1.54) is 6.07 Å². The molecular formula is C14H9F3O2S. The number of carboxylic acids is 1. The monoisotopic (exact) mass is 298 g/mol. The Bertz CT molecular complexity index is 659. The van der Waals surface area contributed by atoms with Crippen LogP contribution >= 0.6 is 11.8 Å². The summed E-state index contributed by atoms with van der Waals surface area (Å²) in [5.41, 5.74) is 0.202. The van der Waals surface area contributed by atoms with Gasteiger partial charge in [0.1, 0.15) is 17.5 Å².